The van der Waals surface area contributed by atoms with Gasteiger partial charge in [0.2, 0.25) is 0 Å². The number of sulfone groups is 1. The minimum absolute atomic E-state index is 0.0564. The number of ether oxygens (including phenoxy) is 1. The van der Waals surface area contributed by atoms with E-state index in [1.54, 1.807) is 0 Å². The van der Waals surface area contributed by atoms with E-state index in [4.69, 9.17) is 4.74 Å². The van der Waals surface area contributed by atoms with E-state index in [1.807, 2.05) is 0 Å². The number of amides is 2. The molecule has 2 aromatic rings. The molecule has 0 bridgehead atoms. The van der Waals surface area contributed by atoms with Gasteiger partial charge in [-0.1, -0.05) is 12.1 Å². The minimum Gasteiger partial charge on any atom is -0.477 e. The lowest BCUT2D eigenvalue weighted by molar-refractivity contribution is -0.385. The van der Waals surface area contributed by atoms with E-state index >= 15 is 0 Å². The first-order chi connectivity index (χ1) is 12.7. The van der Waals surface area contributed by atoms with Crippen LogP contribution in [0.2, 0.25) is 0 Å². The monoisotopic (exact) mass is 393 g/mol. The highest BCUT2D eigenvalue weighted by Gasteiger charge is 2.15. The van der Waals surface area contributed by atoms with Crippen molar-refractivity contribution in [1.82, 2.24) is 10.9 Å². The number of nitro groups is 1. The van der Waals surface area contributed by atoms with Gasteiger partial charge in [-0.25, -0.2) is 8.42 Å². The first kappa shape index (κ1) is 19.8. The average Bonchev–Trinajstić information content (AvgIpc) is 2.64. The fraction of sp³-hybridized carbons (Fsp3) is 0.125. The molecule has 27 heavy (non-hydrogen) atoms. The molecule has 0 aromatic heterocycles. The molecule has 10 nitrogen and oxygen atoms in total. The molecule has 2 amide bonds. The van der Waals surface area contributed by atoms with Gasteiger partial charge in [0, 0.05) is 17.9 Å². The third kappa shape index (κ3) is 5.51. The minimum atomic E-state index is -3.38. The Balaban J connectivity index is 1.88. The number of nitrogens with one attached hydrogen (secondary N) is 2. The van der Waals surface area contributed by atoms with Gasteiger partial charge in [0.25, 0.3) is 11.8 Å². The van der Waals surface area contributed by atoms with E-state index in [2.05, 4.69) is 10.9 Å². The smallest absolute Gasteiger partial charge is 0.310 e. The Hall–Kier alpha value is -3.47. The van der Waals surface area contributed by atoms with E-state index in [-0.39, 0.29) is 21.9 Å². The predicted molar refractivity (Wildman–Crippen MR) is 93.8 cm³/mol. The van der Waals surface area contributed by atoms with Crippen LogP contribution in [0.4, 0.5) is 5.69 Å². The summed E-state index contributed by atoms with van der Waals surface area (Å²) in [7, 11) is -3.38. The Kier molecular flexibility index (Phi) is 6.08. The summed E-state index contributed by atoms with van der Waals surface area (Å²) < 4.78 is 27.8. The Bertz CT molecular complexity index is 972. The maximum Gasteiger partial charge on any atom is 0.310 e. The van der Waals surface area contributed by atoms with Gasteiger partial charge in [0.15, 0.2) is 22.2 Å². The number of nitrogens with zero attached hydrogens (tertiary/aromatic N) is 1. The first-order valence-electron chi connectivity index (χ1n) is 7.44. The lowest BCUT2D eigenvalue weighted by Crippen LogP contribution is -2.43. The number of carbonyl (C=O) groups excluding carboxylic acids is 2. The van der Waals surface area contributed by atoms with E-state index in [0.717, 1.165) is 6.26 Å². The fourth-order valence-electron chi connectivity index (χ4n) is 1.96. The summed E-state index contributed by atoms with van der Waals surface area (Å²) in [5.41, 5.74) is 4.06. The van der Waals surface area contributed by atoms with Crippen LogP contribution in [-0.4, -0.2) is 38.0 Å². The van der Waals surface area contributed by atoms with Crippen molar-refractivity contribution in [1.29, 1.82) is 0 Å². The molecular formula is C16H15N3O7S. The molecular weight excluding hydrogens is 378 g/mol. The summed E-state index contributed by atoms with van der Waals surface area (Å²) in [6.07, 6.45) is 1.04. The highest BCUT2D eigenvalue weighted by Crippen LogP contribution is 2.25. The molecule has 0 radical (unpaired) electrons. The number of benzene rings is 2. The second-order valence-corrected chi connectivity index (χ2v) is 7.33. The molecule has 0 aliphatic carbocycles. The third-order valence-corrected chi connectivity index (χ3v) is 4.41. The van der Waals surface area contributed by atoms with Crippen molar-refractivity contribution in [2.45, 2.75) is 4.90 Å². The molecule has 0 spiro atoms. The lowest BCUT2D eigenvalue weighted by atomic mass is 10.2. The SMILES string of the molecule is CS(=O)(=O)c1ccc(C(=O)NNC(=O)COc2ccccc2[N+](=O)[O-])cc1. The molecule has 0 aliphatic rings. The topological polar surface area (TPSA) is 145 Å². The molecule has 0 atom stereocenters. The van der Waals surface area contributed by atoms with Crippen LogP contribution in [0.15, 0.2) is 53.4 Å². The van der Waals surface area contributed by atoms with Crippen molar-refractivity contribution < 1.29 is 27.7 Å². The van der Waals surface area contributed by atoms with Gasteiger partial charge >= 0.3 is 5.69 Å². The number of carbonyl (C=O) groups is 2. The largest absolute Gasteiger partial charge is 0.477 e. The van der Waals surface area contributed by atoms with Gasteiger partial charge in [0.05, 0.1) is 9.82 Å². The quantitative estimate of drug-likeness (QED) is 0.546. The van der Waals surface area contributed by atoms with Crippen LogP contribution < -0.4 is 15.6 Å². The van der Waals surface area contributed by atoms with Crippen LogP contribution in [0, 0.1) is 10.1 Å². The zero-order valence-corrected chi connectivity index (χ0v) is 14.9. The van der Waals surface area contributed by atoms with E-state index < -0.39 is 33.2 Å². The van der Waals surface area contributed by atoms with Crippen LogP contribution in [0.5, 0.6) is 5.75 Å². The molecule has 0 fully saturated rings. The lowest BCUT2D eigenvalue weighted by Gasteiger charge is -2.09. The molecule has 2 rings (SSSR count). The van der Waals surface area contributed by atoms with Crippen molar-refractivity contribution in [3.8, 4) is 5.75 Å². The van der Waals surface area contributed by atoms with E-state index in [0.29, 0.717) is 0 Å². The van der Waals surface area contributed by atoms with Crippen LogP contribution in [-0.2, 0) is 14.6 Å². The summed E-state index contributed by atoms with van der Waals surface area (Å²) in [6.45, 7) is -0.557. The Morgan fingerprint density at radius 1 is 1.07 bits per heavy atom. The maximum atomic E-state index is 11.9. The number of nitro benzene ring substituents is 1. The van der Waals surface area contributed by atoms with Gasteiger partial charge in [-0.2, -0.15) is 0 Å². The first-order valence-corrected chi connectivity index (χ1v) is 9.33. The molecule has 0 aliphatic heterocycles. The standard InChI is InChI=1S/C16H15N3O7S/c1-27(24,25)12-8-6-11(7-9-12)16(21)18-17-15(20)10-26-14-5-3-2-4-13(14)19(22)23/h2-9H,10H2,1H3,(H,17,20)(H,18,21). The van der Waals surface area contributed by atoms with Gasteiger partial charge in [-0.05, 0) is 30.3 Å². The maximum absolute atomic E-state index is 11.9. The van der Waals surface area contributed by atoms with Crippen LogP contribution >= 0.6 is 0 Å². The molecule has 2 N–H and O–H groups in total. The number of hydrazine groups is 1. The number of para-hydroxylation sites is 2. The molecule has 2 aromatic carbocycles. The summed E-state index contributed by atoms with van der Waals surface area (Å²) in [4.78, 5) is 33.9. The van der Waals surface area contributed by atoms with Crippen LogP contribution in [0.3, 0.4) is 0 Å². The Morgan fingerprint density at radius 2 is 1.70 bits per heavy atom. The molecule has 0 saturated carbocycles. The molecule has 11 heteroatoms. The van der Waals surface area contributed by atoms with Crippen molar-refractivity contribution in [3.05, 3.63) is 64.2 Å². The second-order valence-electron chi connectivity index (χ2n) is 5.31. The second kappa shape index (κ2) is 8.27. The number of hydrogen-bond donors (Lipinski definition) is 2. The normalized spacial score (nSPS) is 10.7. The molecule has 142 valence electrons. The Labute approximate surface area is 154 Å². The van der Waals surface area contributed by atoms with E-state index in [1.165, 1.54) is 48.5 Å². The van der Waals surface area contributed by atoms with Crippen LogP contribution in [0.25, 0.3) is 0 Å². The number of rotatable bonds is 6. The molecule has 0 heterocycles. The van der Waals surface area contributed by atoms with Gasteiger partial charge < -0.3 is 4.74 Å². The average molecular weight is 393 g/mol. The summed E-state index contributed by atoms with van der Waals surface area (Å²) >= 11 is 0. The predicted octanol–water partition coefficient (Wildman–Crippen LogP) is 0.838. The van der Waals surface area contributed by atoms with Crippen molar-refractivity contribution >= 4 is 27.3 Å². The zero-order chi connectivity index (χ0) is 20.0. The third-order valence-electron chi connectivity index (χ3n) is 3.28. The van der Waals surface area contributed by atoms with Crippen molar-refractivity contribution in [2.24, 2.45) is 0 Å². The van der Waals surface area contributed by atoms with Gasteiger partial charge in [-0.15, -0.1) is 0 Å². The number of hydrogen-bond acceptors (Lipinski definition) is 7. The fourth-order valence-corrected chi connectivity index (χ4v) is 2.59. The van der Waals surface area contributed by atoms with Crippen LogP contribution in [0.1, 0.15) is 10.4 Å². The van der Waals surface area contributed by atoms with Gasteiger partial charge in [-0.3, -0.25) is 30.6 Å². The summed E-state index contributed by atoms with van der Waals surface area (Å²) in [5.74, 6) is -1.50. The zero-order valence-electron chi connectivity index (χ0n) is 14.0. The van der Waals surface area contributed by atoms with Crippen molar-refractivity contribution in [2.75, 3.05) is 12.9 Å². The Morgan fingerprint density at radius 3 is 2.30 bits per heavy atom. The molecule has 0 saturated heterocycles. The highest BCUT2D eigenvalue weighted by molar-refractivity contribution is 7.90. The summed E-state index contributed by atoms with van der Waals surface area (Å²) in [5, 5.41) is 10.9. The van der Waals surface area contributed by atoms with Crippen molar-refractivity contribution in [3.63, 3.8) is 0 Å². The molecule has 0 unspecified atom stereocenters. The summed E-state index contributed by atoms with van der Waals surface area (Å²) in [6, 6.07) is 10.7. The van der Waals surface area contributed by atoms with E-state index in [9.17, 15) is 28.1 Å². The van der Waals surface area contributed by atoms with Gasteiger partial charge in [0.1, 0.15) is 0 Å². The highest BCUT2D eigenvalue weighted by atomic mass is 32.2.